The molecule has 3 heteroatoms. The molecule has 2 atom stereocenters. The van der Waals surface area contributed by atoms with E-state index in [0.29, 0.717) is 17.9 Å². The monoisotopic (exact) mass is 366 g/mol. The highest BCUT2D eigenvalue weighted by atomic mass is 16.2. The molecule has 0 aromatic heterocycles. The first-order chi connectivity index (χ1) is 13.1. The van der Waals surface area contributed by atoms with Gasteiger partial charge in [0, 0.05) is 6.04 Å². The van der Waals surface area contributed by atoms with Crippen molar-refractivity contribution in [2.75, 3.05) is 6.54 Å². The fraction of sp³-hybridized carbons (Fsp3) is 0.708. The molecule has 4 bridgehead atoms. The van der Waals surface area contributed by atoms with Gasteiger partial charge in [0.2, 0.25) is 5.91 Å². The summed E-state index contributed by atoms with van der Waals surface area (Å²) in [6.07, 6.45) is 11.8. The predicted octanol–water partition coefficient (Wildman–Crippen LogP) is 4.16. The Labute approximate surface area is 163 Å². The highest BCUT2D eigenvalue weighted by molar-refractivity contribution is 5.83. The minimum Gasteiger partial charge on any atom is -0.353 e. The van der Waals surface area contributed by atoms with Gasteiger partial charge in [0.05, 0.1) is 5.41 Å². The second-order valence-electron chi connectivity index (χ2n) is 10.3. The van der Waals surface area contributed by atoms with Crippen molar-refractivity contribution in [1.82, 2.24) is 5.32 Å². The maximum Gasteiger partial charge on any atom is 0.226 e. The van der Waals surface area contributed by atoms with Crippen molar-refractivity contribution in [2.24, 2.45) is 28.9 Å². The van der Waals surface area contributed by atoms with Gasteiger partial charge < -0.3 is 11.1 Å². The van der Waals surface area contributed by atoms with Crippen LogP contribution in [0, 0.1) is 23.2 Å². The van der Waals surface area contributed by atoms with Crippen LogP contribution in [-0.4, -0.2) is 18.5 Å². The zero-order valence-corrected chi connectivity index (χ0v) is 16.5. The summed E-state index contributed by atoms with van der Waals surface area (Å²) in [5, 5.41) is 3.51. The number of amides is 1. The molecule has 6 rings (SSSR count). The first-order valence-electron chi connectivity index (χ1n) is 11.2. The minimum atomic E-state index is -0.107. The van der Waals surface area contributed by atoms with E-state index >= 15 is 0 Å². The standard InChI is InChI=1S/C24H34N2O/c25-15-17-6-8-21(9-7-17)26-22(27)24-13-18-10-19(14-24)12-23(11-18,16-24)20-4-2-1-3-5-20/h1-5,17-19,21H,6-16,25H2,(H,26,27). The van der Waals surface area contributed by atoms with E-state index in [9.17, 15) is 4.79 Å². The highest BCUT2D eigenvalue weighted by Crippen LogP contribution is 2.65. The largest absolute Gasteiger partial charge is 0.353 e. The lowest BCUT2D eigenvalue weighted by Crippen LogP contribution is -2.60. The van der Waals surface area contributed by atoms with Crippen LogP contribution in [0.15, 0.2) is 30.3 Å². The maximum atomic E-state index is 13.6. The third kappa shape index (κ3) is 3.03. The van der Waals surface area contributed by atoms with Crippen molar-refractivity contribution < 1.29 is 4.79 Å². The Morgan fingerprint density at radius 2 is 1.67 bits per heavy atom. The lowest BCUT2D eigenvalue weighted by atomic mass is 9.42. The molecule has 0 radical (unpaired) electrons. The quantitative estimate of drug-likeness (QED) is 0.841. The summed E-state index contributed by atoms with van der Waals surface area (Å²) < 4.78 is 0. The smallest absolute Gasteiger partial charge is 0.226 e. The van der Waals surface area contributed by atoms with Crippen molar-refractivity contribution in [2.45, 2.75) is 75.7 Å². The molecular formula is C24H34N2O. The van der Waals surface area contributed by atoms with Crippen LogP contribution in [0.2, 0.25) is 0 Å². The minimum absolute atomic E-state index is 0.107. The molecule has 27 heavy (non-hydrogen) atoms. The van der Waals surface area contributed by atoms with E-state index < -0.39 is 0 Å². The molecule has 1 amide bonds. The number of hydrogen-bond acceptors (Lipinski definition) is 2. The van der Waals surface area contributed by atoms with Crippen molar-refractivity contribution in [3.8, 4) is 0 Å². The van der Waals surface area contributed by atoms with Gasteiger partial charge >= 0.3 is 0 Å². The van der Waals surface area contributed by atoms with Gasteiger partial charge in [0.15, 0.2) is 0 Å². The summed E-state index contributed by atoms with van der Waals surface area (Å²) in [5.41, 5.74) is 7.46. The zero-order chi connectivity index (χ0) is 18.5. The van der Waals surface area contributed by atoms with Gasteiger partial charge in [0.25, 0.3) is 0 Å². The third-order valence-corrected chi connectivity index (χ3v) is 8.44. The summed E-state index contributed by atoms with van der Waals surface area (Å²) in [4.78, 5) is 13.6. The fourth-order valence-electron chi connectivity index (χ4n) is 7.54. The second-order valence-corrected chi connectivity index (χ2v) is 10.3. The molecule has 1 aromatic carbocycles. The van der Waals surface area contributed by atoms with Crippen LogP contribution in [0.25, 0.3) is 0 Å². The second kappa shape index (κ2) is 6.62. The Morgan fingerprint density at radius 1 is 1.00 bits per heavy atom. The number of nitrogens with one attached hydrogen (secondary N) is 1. The predicted molar refractivity (Wildman–Crippen MR) is 108 cm³/mol. The molecule has 0 spiro atoms. The highest BCUT2D eigenvalue weighted by Gasteiger charge is 2.61. The zero-order valence-electron chi connectivity index (χ0n) is 16.5. The van der Waals surface area contributed by atoms with Crippen LogP contribution in [0.3, 0.4) is 0 Å². The van der Waals surface area contributed by atoms with Gasteiger partial charge in [0.1, 0.15) is 0 Å². The summed E-state index contributed by atoms with van der Waals surface area (Å²) in [6, 6.07) is 11.5. The number of carbonyl (C=O) groups is 1. The Kier molecular flexibility index (Phi) is 4.34. The van der Waals surface area contributed by atoms with Gasteiger partial charge in [-0.2, -0.15) is 0 Å². The lowest BCUT2D eigenvalue weighted by molar-refractivity contribution is -0.150. The molecular weight excluding hydrogens is 332 g/mol. The molecule has 5 saturated carbocycles. The summed E-state index contributed by atoms with van der Waals surface area (Å²) in [7, 11) is 0. The first-order valence-corrected chi connectivity index (χ1v) is 11.2. The molecule has 5 aliphatic carbocycles. The number of nitrogens with two attached hydrogens (primary N) is 1. The van der Waals surface area contributed by atoms with Crippen LogP contribution in [0.5, 0.6) is 0 Å². The molecule has 2 unspecified atom stereocenters. The van der Waals surface area contributed by atoms with Crippen molar-refractivity contribution in [3.63, 3.8) is 0 Å². The SMILES string of the molecule is NCC1CCC(NC(=O)C23CC4CC(C2)CC(c2ccccc2)(C4)C3)CC1. The van der Waals surface area contributed by atoms with E-state index in [2.05, 4.69) is 35.6 Å². The molecule has 0 aliphatic heterocycles. The molecule has 3 N–H and O–H groups in total. The normalized spacial score (nSPS) is 42.9. The molecule has 1 aromatic rings. The fourth-order valence-corrected chi connectivity index (χ4v) is 7.54. The molecule has 0 heterocycles. The van der Waals surface area contributed by atoms with Crippen molar-refractivity contribution in [1.29, 1.82) is 0 Å². The van der Waals surface area contributed by atoms with E-state index in [1.165, 1.54) is 37.7 Å². The summed E-state index contributed by atoms with van der Waals surface area (Å²) in [5.74, 6) is 2.53. The summed E-state index contributed by atoms with van der Waals surface area (Å²) >= 11 is 0. The van der Waals surface area contributed by atoms with E-state index in [0.717, 1.165) is 50.5 Å². The Morgan fingerprint density at radius 3 is 2.30 bits per heavy atom. The molecule has 3 nitrogen and oxygen atoms in total. The van der Waals surface area contributed by atoms with Crippen LogP contribution in [0.1, 0.15) is 69.8 Å². The van der Waals surface area contributed by atoms with Gasteiger partial charge in [-0.1, -0.05) is 30.3 Å². The first kappa shape index (κ1) is 17.7. The average molecular weight is 367 g/mol. The van der Waals surface area contributed by atoms with Crippen LogP contribution >= 0.6 is 0 Å². The van der Waals surface area contributed by atoms with Gasteiger partial charge in [-0.05, 0) is 99.5 Å². The lowest BCUT2D eigenvalue weighted by Gasteiger charge is -2.61. The van der Waals surface area contributed by atoms with E-state index in [4.69, 9.17) is 5.73 Å². The molecule has 5 fully saturated rings. The van der Waals surface area contributed by atoms with E-state index in [1.807, 2.05) is 0 Å². The van der Waals surface area contributed by atoms with Crippen LogP contribution < -0.4 is 11.1 Å². The summed E-state index contributed by atoms with van der Waals surface area (Å²) in [6.45, 7) is 0.799. The molecule has 0 saturated heterocycles. The third-order valence-electron chi connectivity index (χ3n) is 8.44. The van der Waals surface area contributed by atoms with E-state index in [-0.39, 0.29) is 10.8 Å². The van der Waals surface area contributed by atoms with E-state index in [1.54, 1.807) is 0 Å². The van der Waals surface area contributed by atoms with Crippen molar-refractivity contribution >= 4 is 5.91 Å². The number of hydrogen-bond donors (Lipinski definition) is 2. The average Bonchev–Trinajstić information content (AvgIpc) is 2.68. The Bertz CT molecular complexity index is 678. The maximum absolute atomic E-state index is 13.6. The van der Waals surface area contributed by atoms with Gasteiger partial charge in [-0.15, -0.1) is 0 Å². The molecule has 146 valence electrons. The number of rotatable bonds is 4. The van der Waals surface area contributed by atoms with Crippen molar-refractivity contribution in [3.05, 3.63) is 35.9 Å². The Balaban J connectivity index is 1.36. The topological polar surface area (TPSA) is 55.1 Å². The van der Waals surface area contributed by atoms with Crippen LogP contribution in [-0.2, 0) is 10.2 Å². The van der Waals surface area contributed by atoms with Gasteiger partial charge in [-0.3, -0.25) is 4.79 Å². The molecule has 5 aliphatic rings. The Hall–Kier alpha value is -1.35. The number of carbonyl (C=O) groups excluding carboxylic acids is 1. The number of benzene rings is 1. The van der Waals surface area contributed by atoms with Crippen LogP contribution in [0.4, 0.5) is 0 Å². The van der Waals surface area contributed by atoms with Gasteiger partial charge in [-0.25, -0.2) is 0 Å².